The summed E-state index contributed by atoms with van der Waals surface area (Å²) in [4.78, 5) is 28.2. The van der Waals surface area contributed by atoms with Crippen LogP contribution in [0.25, 0.3) is 11.4 Å². The van der Waals surface area contributed by atoms with Crippen LogP contribution in [0.3, 0.4) is 0 Å². The van der Waals surface area contributed by atoms with Gasteiger partial charge in [-0.25, -0.2) is 4.98 Å². The van der Waals surface area contributed by atoms with Crippen molar-refractivity contribution >= 4 is 17.4 Å². The standard InChI is InChI=1S/C19H18N4O2/c1-3-17-21-18(23-22-17)15-6-4-5-7-16(15)20-19(25)14-10-8-13(9-11-14)12(2)24/h4-11H,3H2,1-2H3,(H,20,25)(H,21,22,23). The number of para-hydroxylation sites is 1. The monoisotopic (exact) mass is 334 g/mol. The van der Waals surface area contributed by atoms with Crippen LogP contribution in [-0.4, -0.2) is 26.9 Å². The number of hydrogen-bond donors (Lipinski definition) is 2. The fourth-order valence-electron chi connectivity index (χ4n) is 2.41. The van der Waals surface area contributed by atoms with E-state index in [1.54, 1.807) is 30.3 Å². The predicted octanol–water partition coefficient (Wildman–Crippen LogP) is 3.49. The number of aryl methyl sites for hydroxylation is 1. The van der Waals surface area contributed by atoms with Crippen LogP contribution in [0.2, 0.25) is 0 Å². The zero-order valence-electron chi connectivity index (χ0n) is 14.0. The number of hydrogen-bond acceptors (Lipinski definition) is 4. The van der Waals surface area contributed by atoms with Gasteiger partial charge in [0.1, 0.15) is 5.82 Å². The van der Waals surface area contributed by atoms with E-state index in [2.05, 4.69) is 20.5 Å². The van der Waals surface area contributed by atoms with Gasteiger partial charge in [-0.2, -0.15) is 5.10 Å². The number of carbonyl (C=O) groups is 2. The second-order valence-electron chi connectivity index (χ2n) is 5.59. The summed E-state index contributed by atoms with van der Waals surface area (Å²) in [5.74, 6) is 1.04. The highest BCUT2D eigenvalue weighted by Crippen LogP contribution is 2.25. The summed E-state index contributed by atoms with van der Waals surface area (Å²) in [7, 11) is 0. The van der Waals surface area contributed by atoms with Crippen LogP contribution in [0, 0.1) is 0 Å². The van der Waals surface area contributed by atoms with Crippen molar-refractivity contribution < 1.29 is 9.59 Å². The molecule has 0 aliphatic rings. The molecule has 6 nitrogen and oxygen atoms in total. The van der Waals surface area contributed by atoms with E-state index < -0.39 is 0 Å². The first-order valence-corrected chi connectivity index (χ1v) is 8.01. The minimum atomic E-state index is -0.256. The molecule has 0 fully saturated rings. The van der Waals surface area contributed by atoms with E-state index in [4.69, 9.17) is 0 Å². The molecule has 1 amide bonds. The highest BCUT2D eigenvalue weighted by Gasteiger charge is 2.13. The highest BCUT2D eigenvalue weighted by molar-refractivity contribution is 6.06. The number of nitrogens with one attached hydrogen (secondary N) is 2. The molecule has 0 spiro atoms. The number of benzene rings is 2. The lowest BCUT2D eigenvalue weighted by Crippen LogP contribution is -2.13. The van der Waals surface area contributed by atoms with Crippen LogP contribution in [0.5, 0.6) is 0 Å². The second kappa shape index (κ2) is 7.09. The van der Waals surface area contributed by atoms with Crippen molar-refractivity contribution in [3.05, 3.63) is 65.5 Å². The Morgan fingerprint density at radius 3 is 2.36 bits per heavy atom. The van der Waals surface area contributed by atoms with Crippen LogP contribution in [-0.2, 0) is 6.42 Å². The van der Waals surface area contributed by atoms with Gasteiger partial charge in [-0.1, -0.05) is 31.2 Å². The maximum Gasteiger partial charge on any atom is 0.255 e. The average molecular weight is 334 g/mol. The van der Waals surface area contributed by atoms with Crippen LogP contribution in [0.15, 0.2) is 48.5 Å². The minimum Gasteiger partial charge on any atom is -0.321 e. The molecular formula is C19H18N4O2. The van der Waals surface area contributed by atoms with E-state index in [-0.39, 0.29) is 11.7 Å². The third-order valence-electron chi connectivity index (χ3n) is 3.84. The van der Waals surface area contributed by atoms with Gasteiger partial charge in [-0.3, -0.25) is 14.7 Å². The van der Waals surface area contributed by atoms with Gasteiger partial charge in [0.25, 0.3) is 5.91 Å². The molecular weight excluding hydrogens is 316 g/mol. The molecule has 2 aromatic carbocycles. The van der Waals surface area contributed by atoms with Gasteiger partial charge >= 0.3 is 0 Å². The maximum atomic E-state index is 12.5. The quantitative estimate of drug-likeness (QED) is 0.699. The molecule has 1 aromatic heterocycles. The molecule has 3 rings (SSSR count). The Hall–Kier alpha value is -3.28. The Labute approximate surface area is 145 Å². The number of carbonyl (C=O) groups excluding carboxylic acids is 2. The predicted molar refractivity (Wildman–Crippen MR) is 95.6 cm³/mol. The molecule has 1 heterocycles. The largest absolute Gasteiger partial charge is 0.321 e. The molecule has 0 atom stereocenters. The molecule has 0 aliphatic heterocycles. The number of amides is 1. The third kappa shape index (κ3) is 3.63. The Bertz CT molecular complexity index is 913. The summed E-state index contributed by atoms with van der Waals surface area (Å²) >= 11 is 0. The van der Waals surface area contributed by atoms with Gasteiger partial charge in [0.15, 0.2) is 11.6 Å². The molecule has 0 saturated carbocycles. The zero-order chi connectivity index (χ0) is 17.8. The Morgan fingerprint density at radius 1 is 1.04 bits per heavy atom. The van der Waals surface area contributed by atoms with Crippen molar-refractivity contribution in [3.8, 4) is 11.4 Å². The number of aromatic amines is 1. The van der Waals surface area contributed by atoms with Crippen LogP contribution in [0.1, 0.15) is 40.4 Å². The normalized spacial score (nSPS) is 10.5. The van der Waals surface area contributed by atoms with Gasteiger partial charge in [0.05, 0.1) is 5.69 Å². The summed E-state index contributed by atoms with van der Waals surface area (Å²) < 4.78 is 0. The number of anilines is 1. The second-order valence-corrected chi connectivity index (χ2v) is 5.59. The summed E-state index contributed by atoms with van der Waals surface area (Å²) in [6.07, 6.45) is 0.754. The van der Waals surface area contributed by atoms with Crippen LogP contribution in [0.4, 0.5) is 5.69 Å². The van der Waals surface area contributed by atoms with Crippen molar-refractivity contribution in [2.24, 2.45) is 0 Å². The minimum absolute atomic E-state index is 0.0337. The van der Waals surface area contributed by atoms with E-state index >= 15 is 0 Å². The molecule has 0 aliphatic carbocycles. The van der Waals surface area contributed by atoms with Crippen molar-refractivity contribution in [1.82, 2.24) is 15.2 Å². The SMILES string of the molecule is CCc1nc(-c2ccccc2NC(=O)c2ccc(C(C)=O)cc2)n[nH]1. The molecule has 6 heteroatoms. The molecule has 0 radical (unpaired) electrons. The van der Waals surface area contributed by atoms with E-state index in [9.17, 15) is 9.59 Å². The van der Waals surface area contributed by atoms with Gasteiger partial charge < -0.3 is 5.32 Å². The lowest BCUT2D eigenvalue weighted by Gasteiger charge is -2.09. The molecule has 126 valence electrons. The molecule has 25 heavy (non-hydrogen) atoms. The summed E-state index contributed by atoms with van der Waals surface area (Å²) in [6.45, 7) is 3.48. The van der Waals surface area contributed by atoms with Crippen molar-refractivity contribution in [2.75, 3.05) is 5.32 Å². The number of rotatable bonds is 5. The van der Waals surface area contributed by atoms with E-state index in [1.807, 2.05) is 25.1 Å². The zero-order valence-corrected chi connectivity index (χ0v) is 14.0. The molecule has 0 bridgehead atoms. The molecule has 2 N–H and O–H groups in total. The smallest absolute Gasteiger partial charge is 0.255 e. The maximum absolute atomic E-state index is 12.5. The summed E-state index contributed by atoms with van der Waals surface area (Å²) in [6, 6.07) is 13.9. The third-order valence-corrected chi connectivity index (χ3v) is 3.84. The highest BCUT2D eigenvalue weighted by atomic mass is 16.1. The number of aromatic nitrogens is 3. The van der Waals surface area contributed by atoms with Crippen LogP contribution < -0.4 is 5.32 Å². The summed E-state index contributed by atoms with van der Waals surface area (Å²) in [5, 5.41) is 9.96. The lowest BCUT2D eigenvalue weighted by atomic mass is 10.1. The fraction of sp³-hybridized carbons (Fsp3) is 0.158. The first-order valence-electron chi connectivity index (χ1n) is 8.01. The first kappa shape index (κ1) is 16.6. The number of H-pyrrole nitrogens is 1. The molecule has 0 unspecified atom stereocenters. The summed E-state index contributed by atoms with van der Waals surface area (Å²) in [5.41, 5.74) is 2.42. The number of nitrogens with zero attached hydrogens (tertiary/aromatic N) is 2. The topological polar surface area (TPSA) is 87.7 Å². The molecule has 0 saturated heterocycles. The number of Topliss-reactive ketones (excluding diaryl/α,β-unsaturated/α-hetero) is 1. The Balaban J connectivity index is 1.85. The lowest BCUT2D eigenvalue weighted by molar-refractivity contribution is 0.101. The van der Waals surface area contributed by atoms with Crippen molar-refractivity contribution in [1.29, 1.82) is 0 Å². The number of ketones is 1. The van der Waals surface area contributed by atoms with E-state index in [1.165, 1.54) is 6.92 Å². The average Bonchev–Trinajstić information content (AvgIpc) is 3.11. The van der Waals surface area contributed by atoms with Gasteiger partial charge in [-0.05, 0) is 31.2 Å². The Morgan fingerprint density at radius 2 is 1.72 bits per heavy atom. The van der Waals surface area contributed by atoms with Crippen molar-refractivity contribution in [2.45, 2.75) is 20.3 Å². The van der Waals surface area contributed by atoms with Gasteiger partial charge in [-0.15, -0.1) is 0 Å². The first-order chi connectivity index (χ1) is 12.1. The van der Waals surface area contributed by atoms with E-state index in [0.29, 0.717) is 22.6 Å². The fourth-order valence-corrected chi connectivity index (χ4v) is 2.41. The van der Waals surface area contributed by atoms with Crippen molar-refractivity contribution in [3.63, 3.8) is 0 Å². The van der Waals surface area contributed by atoms with Gasteiger partial charge in [0, 0.05) is 23.1 Å². The molecule has 3 aromatic rings. The van der Waals surface area contributed by atoms with Crippen LogP contribution >= 0.6 is 0 Å². The Kier molecular flexibility index (Phi) is 4.70. The van der Waals surface area contributed by atoms with Gasteiger partial charge in [0.2, 0.25) is 0 Å². The van der Waals surface area contributed by atoms with E-state index in [0.717, 1.165) is 17.8 Å².